The summed E-state index contributed by atoms with van der Waals surface area (Å²) in [6.07, 6.45) is 12.2. The highest BCUT2D eigenvalue weighted by Crippen LogP contribution is 2.27. The second-order valence-electron chi connectivity index (χ2n) is 7.94. The standard InChI is InChI=1S/C28H37N3O/c1-10-20-30(9)28(32)27(24(7)29(8)12-3)31(21-25-16-14-13-15-17-25)23(6)26(11-2)19-18-22(4)5/h2,12-19H,3,6,10,20-21H2,1,4-5,7-9H3/b26-19+,27-24+. The molecule has 1 aromatic carbocycles. The molecule has 0 aliphatic carbocycles. The van der Waals surface area contributed by atoms with Gasteiger partial charge in [0.25, 0.3) is 5.91 Å². The fourth-order valence-corrected chi connectivity index (χ4v) is 3.09. The second kappa shape index (κ2) is 13.1. The minimum atomic E-state index is -0.0892. The van der Waals surface area contributed by atoms with E-state index < -0.39 is 0 Å². The summed E-state index contributed by atoms with van der Waals surface area (Å²) in [5.74, 6) is 2.66. The summed E-state index contributed by atoms with van der Waals surface area (Å²) in [6.45, 7) is 17.3. The third-order valence-electron chi connectivity index (χ3n) is 5.08. The molecule has 1 aromatic rings. The number of nitrogens with zero attached hydrogens (tertiary/aromatic N) is 3. The molecule has 0 saturated heterocycles. The zero-order valence-electron chi connectivity index (χ0n) is 20.5. The Morgan fingerprint density at radius 2 is 1.75 bits per heavy atom. The Morgan fingerprint density at radius 3 is 2.25 bits per heavy atom. The van der Waals surface area contributed by atoms with Crippen molar-refractivity contribution < 1.29 is 4.79 Å². The molecule has 0 aliphatic heterocycles. The van der Waals surface area contributed by atoms with E-state index in [0.717, 1.165) is 23.3 Å². The molecule has 0 heterocycles. The van der Waals surface area contributed by atoms with E-state index in [0.29, 0.717) is 30.1 Å². The molecule has 170 valence electrons. The van der Waals surface area contributed by atoms with Gasteiger partial charge in [0.2, 0.25) is 0 Å². The highest BCUT2D eigenvalue weighted by atomic mass is 16.2. The fourth-order valence-electron chi connectivity index (χ4n) is 3.09. The van der Waals surface area contributed by atoms with E-state index in [1.165, 1.54) is 0 Å². The minimum Gasteiger partial charge on any atom is -0.353 e. The minimum absolute atomic E-state index is 0.0892. The largest absolute Gasteiger partial charge is 0.353 e. The van der Waals surface area contributed by atoms with Gasteiger partial charge < -0.3 is 14.7 Å². The molecular formula is C28H37N3O. The number of allylic oxidation sites excluding steroid dienone is 5. The summed E-state index contributed by atoms with van der Waals surface area (Å²) in [7, 11) is 3.69. The molecule has 0 aliphatic rings. The van der Waals surface area contributed by atoms with E-state index in [-0.39, 0.29) is 5.91 Å². The second-order valence-corrected chi connectivity index (χ2v) is 7.94. The van der Waals surface area contributed by atoms with Gasteiger partial charge >= 0.3 is 0 Å². The number of hydrogen-bond acceptors (Lipinski definition) is 3. The van der Waals surface area contributed by atoms with Crippen LogP contribution in [0.15, 0.2) is 90.1 Å². The zero-order chi connectivity index (χ0) is 24.3. The highest BCUT2D eigenvalue weighted by Gasteiger charge is 2.27. The van der Waals surface area contributed by atoms with Crippen LogP contribution in [0.2, 0.25) is 0 Å². The summed E-state index contributed by atoms with van der Waals surface area (Å²) in [5, 5.41) is 0. The zero-order valence-corrected chi connectivity index (χ0v) is 20.5. The van der Waals surface area contributed by atoms with E-state index in [2.05, 4.69) is 26.0 Å². The Morgan fingerprint density at radius 1 is 1.12 bits per heavy atom. The number of carbonyl (C=O) groups is 1. The first-order chi connectivity index (χ1) is 15.2. The lowest BCUT2D eigenvalue weighted by Crippen LogP contribution is -2.38. The van der Waals surface area contributed by atoms with Gasteiger partial charge in [-0.1, -0.05) is 68.0 Å². The van der Waals surface area contributed by atoms with E-state index >= 15 is 0 Å². The predicted molar refractivity (Wildman–Crippen MR) is 136 cm³/mol. The molecule has 0 bridgehead atoms. The Bertz CT molecular complexity index is 941. The number of hydrogen-bond donors (Lipinski definition) is 0. The maximum absolute atomic E-state index is 13.6. The normalized spacial score (nSPS) is 11.6. The fraction of sp³-hybridized carbons (Fsp3) is 0.321. The molecule has 0 N–H and O–H groups in total. The number of rotatable bonds is 11. The van der Waals surface area contributed by atoms with Crippen LogP contribution in [0.1, 0.15) is 39.7 Å². The third kappa shape index (κ3) is 7.35. The predicted octanol–water partition coefficient (Wildman–Crippen LogP) is 5.70. The van der Waals surface area contributed by atoms with Crippen LogP contribution in [0.3, 0.4) is 0 Å². The number of benzene rings is 1. The number of likely N-dealkylation sites (N-methyl/N-ethyl adjacent to an activating group) is 1. The molecule has 0 spiro atoms. The molecule has 0 saturated carbocycles. The molecule has 1 rings (SSSR count). The first-order valence-electron chi connectivity index (χ1n) is 10.8. The van der Waals surface area contributed by atoms with Gasteiger partial charge in [-0.25, -0.2) is 0 Å². The Balaban J connectivity index is 3.74. The average molecular weight is 432 g/mol. The molecule has 1 amide bonds. The summed E-state index contributed by atoms with van der Waals surface area (Å²) in [5.41, 5.74) is 4.68. The topological polar surface area (TPSA) is 26.8 Å². The lowest BCUT2D eigenvalue weighted by atomic mass is 10.1. The van der Waals surface area contributed by atoms with Crippen LogP contribution < -0.4 is 0 Å². The van der Waals surface area contributed by atoms with Crippen molar-refractivity contribution in [3.05, 3.63) is 95.6 Å². The van der Waals surface area contributed by atoms with E-state index in [1.807, 2.05) is 87.2 Å². The van der Waals surface area contributed by atoms with Crippen LogP contribution in [0.4, 0.5) is 0 Å². The smallest absolute Gasteiger partial charge is 0.272 e. The van der Waals surface area contributed by atoms with Crippen molar-refractivity contribution in [2.75, 3.05) is 20.6 Å². The van der Waals surface area contributed by atoms with Crippen molar-refractivity contribution >= 4 is 5.91 Å². The first kappa shape index (κ1) is 26.6. The molecule has 0 atom stereocenters. The molecule has 0 unspecified atom stereocenters. The maximum Gasteiger partial charge on any atom is 0.272 e. The Kier molecular flexibility index (Phi) is 10.9. The van der Waals surface area contributed by atoms with Gasteiger partial charge in [-0.3, -0.25) is 4.79 Å². The Labute approximate surface area is 194 Å². The van der Waals surface area contributed by atoms with Crippen molar-refractivity contribution in [2.45, 2.75) is 40.7 Å². The lowest BCUT2D eigenvalue weighted by molar-refractivity contribution is -0.127. The number of terminal acetylenes is 1. The van der Waals surface area contributed by atoms with E-state index in [4.69, 9.17) is 6.42 Å². The molecule has 4 nitrogen and oxygen atoms in total. The van der Waals surface area contributed by atoms with Crippen molar-refractivity contribution in [1.82, 2.24) is 14.7 Å². The number of amides is 1. The molecular weight excluding hydrogens is 394 g/mol. The molecule has 0 fully saturated rings. The van der Waals surface area contributed by atoms with Crippen molar-refractivity contribution in [1.29, 1.82) is 0 Å². The van der Waals surface area contributed by atoms with Crippen molar-refractivity contribution in [2.24, 2.45) is 0 Å². The van der Waals surface area contributed by atoms with Crippen LogP contribution in [0.5, 0.6) is 0 Å². The van der Waals surface area contributed by atoms with Gasteiger partial charge in [0, 0.05) is 38.5 Å². The molecule has 32 heavy (non-hydrogen) atoms. The molecule has 4 heteroatoms. The van der Waals surface area contributed by atoms with Crippen LogP contribution in [-0.2, 0) is 11.3 Å². The summed E-state index contributed by atoms with van der Waals surface area (Å²) >= 11 is 0. The summed E-state index contributed by atoms with van der Waals surface area (Å²) in [6, 6.07) is 9.99. The van der Waals surface area contributed by atoms with Gasteiger partial charge in [0.1, 0.15) is 5.70 Å². The van der Waals surface area contributed by atoms with E-state index in [1.54, 1.807) is 11.1 Å². The first-order valence-corrected chi connectivity index (χ1v) is 10.8. The van der Waals surface area contributed by atoms with Crippen LogP contribution >= 0.6 is 0 Å². The monoisotopic (exact) mass is 431 g/mol. The highest BCUT2D eigenvalue weighted by molar-refractivity contribution is 5.94. The lowest BCUT2D eigenvalue weighted by Gasteiger charge is -2.34. The van der Waals surface area contributed by atoms with Gasteiger partial charge in [-0.2, -0.15) is 0 Å². The molecule has 0 aromatic heterocycles. The number of carbonyl (C=O) groups excluding carboxylic acids is 1. The average Bonchev–Trinajstić information content (AvgIpc) is 2.78. The summed E-state index contributed by atoms with van der Waals surface area (Å²) < 4.78 is 0. The van der Waals surface area contributed by atoms with E-state index in [9.17, 15) is 4.79 Å². The Hall–Kier alpha value is -3.45. The van der Waals surface area contributed by atoms with Gasteiger partial charge in [-0.15, -0.1) is 6.42 Å². The van der Waals surface area contributed by atoms with Gasteiger partial charge in [0.15, 0.2) is 0 Å². The van der Waals surface area contributed by atoms with Crippen LogP contribution in [-0.4, -0.2) is 41.2 Å². The van der Waals surface area contributed by atoms with Crippen molar-refractivity contribution in [3.63, 3.8) is 0 Å². The SMILES string of the molecule is C#C/C(=C\C=C(C)C)C(=C)N(Cc1ccccc1)/C(C(=O)N(C)CCC)=C(\C)N(C)C=C. The van der Waals surface area contributed by atoms with Gasteiger partial charge in [-0.05, 0) is 45.0 Å². The maximum atomic E-state index is 13.6. The quantitative estimate of drug-likeness (QED) is 0.255. The van der Waals surface area contributed by atoms with Crippen molar-refractivity contribution in [3.8, 4) is 12.3 Å². The van der Waals surface area contributed by atoms with Gasteiger partial charge in [0.05, 0.1) is 5.70 Å². The van der Waals surface area contributed by atoms with Crippen LogP contribution in [0.25, 0.3) is 0 Å². The van der Waals surface area contributed by atoms with Crippen LogP contribution in [0, 0.1) is 12.3 Å². The molecule has 0 radical (unpaired) electrons. The third-order valence-corrected chi connectivity index (χ3v) is 5.08. The summed E-state index contributed by atoms with van der Waals surface area (Å²) in [4.78, 5) is 19.1.